The van der Waals surface area contributed by atoms with Gasteiger partial charge >= 0.3 is 6.03 Å². The van der Waals surface area contributed by atoms with Crippen LogP contribution in [0.2, 0.25) is 0 Å². The fourth-order valence-electron chi connectivity index (χ4n) is 6.22. The van der Waals surface area contributed by atoms with E-state index in [0.717, 1.165) is 37.0 Å². The summed E-state index contributed by atoms with van der Waals surface area (Å²) in [5, 5.41) is 14.2. The van der Waals surface area contributed by atoms with E-state index >= 15 is 0 Å². The van der Waals surface area contributed by atoms with Crippen LogP contribution in [0.15, 0.2) is 40.6 Å². The molecule has 8 nitrogen and oxygen atoms in total. The molecule has 0 saturated heterocycles. The van der Waals surface area contributed by atoms with Gasteiger partial charge in [-0.05, 0) is 75.3 Å². The predicted octanol–water partition coefficient (Wildman–Crippen LogP) is 4.00. The average molecular weight is 456 g/mol. The zero-order valence-electron chi connectivity index (χ0n) is 18.3. The number of carbonyl (C=O) groups excluding carboxylic acids is 2. The van der Waals surface area contributed by atoms with Gasteiger partial charge in [-0.25, -0.2) is 4.79 Å². The fourth-order valence-corrected chi connectivity index (χ4v) is 7.08. The van der Waals surface area contributed by atoms with Crippen molar-refractivity contribution in [2.75, 3.05) is 0 Å². The number of thioether (sulfide) groups is 1. The summed E-state index contributed by atoms with van der Waals surface area (Å²) in [6.45, 7) is 6.03. The molecule has 4 fully saturated rings. The van der Waals surface area contributed by atoms with Crippen LogP contribution in [-0.2, 0) is 11.3 Å². The normalized spacial score (nSPS) is 29.0. The molecule has 0 aromatic carbocycles. The summed E-state index contributed by atoms with van der Waals surface area (Å²) in [7, 11) is 0. The van der Waals surface area contributed by atoms with Gasteiger partial charge in [0.05, 0.1) is 11.5 Å². The first-order valence-electron chi connectivity index (χ1n) is 11.3. The van der Waals surface area contributed by atoms with E-state index in [1.807, 2.05) is 10.6 Å². The van der Waals surface area contributed by atoms with Gasteiger partial charge in [0.25, 0.3) is 0 Å². The van der Waals surface area contributed by atoms with Gasteiger partial charge in [-0.15, -0.1) is 16.8 Å². The highest BCUT2D eigenvalue weighted by Gasteiger charge is 2.51. The Morgan fingerprint density at radius 2 is 1.97 bits per heavy atom. The summed E-state index contributed by atoms with van der Waals surface area (Å²) in [5.74, 6) is 3.01. The van der Waals surface area contributed by atoms with E-state index in [9.17, 15) is 9.59 Å². The molecule has 4 aliphatic rings. The summed E-state index contributed by atoms with van der Waals surface area (Å²) >= 11 is 1.26. The molecule has 32 heavy (non-hydrogen) atoms. The number of imide groups is 1. The molecule has 4 bridgehead atoms. The Kier molecular flexibility index (Phi) is 5.61. The second-order valence-electron chi connectivity index (χ2n) is 9.58. The zero-order valence-corrected chi connectivity index (χ0v) is 19.1. The lowest BCUT2D eigenvalue weighted by molar-refractivity contribution is -0.119. The average Bonchev–Trinajstić information content (AvgIpc) is 3.37. The van der Waals surface area contributed by atoms with Crippen LogP contribution in [0.4, 0.5) is 4.79 Å². The van der Waals surface area contributed by atoms with Crippen molar-refractivity contribution in [2.45, 2.75) is 67.9 Å². The van der Waals surface area contributed by atoms with E-state index in [1.165, 1.54) is 31.0 Å². The number of amides is 3. The monoisotopic (exact) mass is 455 g/mol. The number of allylic oxidation sites excluding steroid dienone is 1. The molecule has 0 spiro atoms. The van der Waals surface area contributed by atoms with Crippen LogP contribution in [0.1, 0.15) is 45.4 Å². The number of rotatable bonds is 7. The second kappa shape index (κ2) is 8.42. The van der Waals surface area contributed by atoms with E-state index in [0.29, 0.717) is 23.3 Å². The summed E-state index contributed by atoms with van der Waals surface area (Å²) in [5.41, 5.74) is -0.127. The molecule has 2 aromatic rings. The van der Waals surface area contributed by atoms with E-state index < -0.39 is 5.25 Å². The van der Waals surface area contributed by atoms with Crippen LogP contribution in [0.25, 0.3) is 11.6 Å². The van der Waals surface area contributed by atoms with Crippen LogP contribution in [0.5, 0.6) is 0 Å². The third kappa shape index (κ3) is 4.10. The SMILES string of the molecule is C=CCn1c(SC(C)C(=O)NC(=O)NC23CC4CC(CC(C4)C2)C3)nnc1-c1ccco1. The summed E-state index contributed by atoms with van der Waals surface area (Å²) in [4.78, 5) is 25.5. The Hall–Kier alpha value is -2.55. The molecule has 0 radical (unpaired) electrons. The van der Waals surface area contributed by atoms with Crippen molar-refractivity contribution < 1.29 is 14.0 Å². The number of nitrogens with zero attached hydrogens (tertiary/aromatic N) is 3. The lowest BCUT2D eigenvalue weighted by Crippen LogP contribution is -2.62. The highest BCUT2D eigenvalue weighted by Crippen LogP contribution is 2.55. The number of nitrogens with one attached hydrogen (secondary N) is 2. The molecule has 0 aliphatic heterocycles. The topological polar surface area (TPSA) is 102 Å². The molecule has 1 unspecified atom stereocenters. The highest BCUT2D eigenvalue weighted by atomic mass is 32.2. The van der Waals surface area contributed by atoms with Crippen molar-refractivity contribution in [1.82, 2.24) is 25.4 Å². The van der Waals surface area contributed by atoms with Crippen molar-refractivity contribution in [1.29, 1.82) is 0 Å². The minimum atomic E-state index is -0.519. The molecule has 6 rings (SSSR count). The molecule has 9 heteroatoms. The maximum atomic E-state index is 12.8. The van der Waals surface area contributed by atoms with Crippen LogP contribution in [-0.4, -0.2) is 37.5 Å². The number of hydrogen-bond donors (Lipinski definition) is 2. The minimum absolute atomic E-state index is 0.127. The highest BCUT2D eigenvalue weighted by molar-refractivity contribution is 8.00. The molecule has 2 heterocycles. The van der Waals surface area contributed by atoms with Gasteiger partial charge in [0.2, 0.25) is 11.7 Å². The van der Waals surface area contributed by atoms with Gasteiger partial charge in [0.1, 0.15) is 0 Å². The largest absolute Gasteiger partial charge is 0.461 e. The van der Waals surface area contributed by atoms with Crippen molar-refractivity contribution in [3.8, 4) is 11.6 Å². The third-order valence-corrected chi connectivity index (χ3v) is 8.16. The first-order chi connectivity index (χ1) is 15.4. The number of hydrogen-bond acceptors (Lipinski definition) is 6. The first kappa shape index (κ1) is 21.3. The molecular formula is C23H29N5O3S. The number of furan rings is 1. The summed E-state index contributed by atoms with van der Waals surface area (Å²) in [6.07, 6.45) is 10.4. The van der Waals surface area contributed by atoms with Crippen molar-refractivity contribution in [2.24, 2.45) is 17.8 Å². The smallest absolute Gasteiger partial charge is 0.321 e. The lowest BCUT2D eigenvalue weighted by atomic mass is 9.53. The van der Waals surface area contributed by atoms with E-state index in [2.05, 4.69) is 27.4 Å². The van der Waals surface area contributed by atoms with E-state index in [-0.39, 0.29) is 17.5 Å². The Bertz CT molecular complexity index is 980. The van der Waals surface area contributed by atoms with Crippen LogP contribution >= 0.6 is 11.8 Å². The number of aromatic nitrogens is 3. The standard InChI is InChI=1S/C23H29N5O3S/c1-3-6-28-19(18-5-4-7-31-18)26-27-22(28)32-14(2)20(29)24-21(30)25-23-11-15-8-16(12-23)10-17(9-15)13-23/h3-5,7,14-17H,1,6,8-13H2,2H3,(H2,24,25,29,30). The first-order valence-corrected chi connectivity index (χ1v) is 12.2. The zero-order chi connectivity index (χ0) is 22.3. The van der Waals surface area contributed by atoms with Gasteiger partial charge in [-0.3, -0.25) is 14.7 Å². The van der Waals surface area contributed by atoms with E-state index in [1.54, 1.807) is 25.3 Å². The molecule has 3 amide bonds. The van der Waals surface area contributed by atoms with Crippen LogP contribution in [0, 0.1) is 17.8 Å². The molecule has 4 aliphatic carbocycles. The Balaban J connectivity index is 1.21. The molecule has 2 aromatic heterocycles. The van der Waals surface area contributed by atoms with Gasteiger partial charge in [0.15, 0.2) is 10.9 Å². The minimum Gasteiger partial charge on any atom is -0.461 e. The van der Waals surface area contributed by atoms with Crippen molar-refractivity contribution in [3.05, 3.63) is 31.1 Å². The molecular weight excluding hydrogens is 426 g/mol. The third-order valence-electron chi connectivity index (χ3n) is 7.08. The van der Waals surface area contributed by atoms with Crippen LogP contribution < -0.4 is 10.6 Å². The quantitative estimate of drug-likeness (QED) is 0.483. The Morgan fingerprint density at radius 3 is 2.56 bits per heavy atom. The molecule has 4 saturated carbocycles. The second-order valence-corrected chi connectivity index (χ2v) is 10.9. The maximum Gasteiger partial charge on any atom is 0.321 e. The number of urea groups is 1. The Labute approximate surface area is 191 Å². The predicted molar refractivity (Wildman–Crippen MR) is 121 cm³/mol. The van der Waals surface area contributed by atoms with Gasteiger partial charge < -0.3 is 9.73 Å². The summed E-state index contributed by atoms with van der Waals surface area (Å²) in [6, 6.07) is 3.21. The molecule has 2 N–H and O–H groups in total. The van der Waals surface area contributed by atoms with E-state index in [4.69, 9.17) is 4.42 Å². The number of carbonyl (C=O) groups is 2. The van der Waals surface area contributed by atoms with Crippen molar-refractivity contribution >= 4 is 23.7 Å². The molecule has 1 atom stereocenters. The Morgan fingerprint density at radius 1 is 1.28 bits per heavy atom. The van der Waals surface area contributed by atoms with Gasteiger partial charge in [-0.2, -0.15) is 0 Å². The van der Waals surface area contributed by atoms with Crippen LogP contribution in [0.3, 0.4) is 0 Å². The van der Waals surface area contributed by atoms with Gasteiger partial charge in [0, 0.05) is 12.1 Å². The molecule has 170 valence electrons. The maximum absolute atomic E-state index is 12.8. The van der Waals surface area contributed by atoms with Gasteiger partial charge in [-0.1, -0.05) is 17.8 Å². The van der Waals surface area contributed by atoms with Crippen molar-refractivity contribution in [3.63, 3.8) is 0 Å². The lowest BCUT2D eigenvalue weighted by Gasteiger charge is -2.56. The fraction of sp³-hybridized carbons (Fsp3) is 0.565. The summed E-state index contributed by atoms with van der Waals surface area (Å²) < 4.78 is 7.28.